The molecule has 1 saturated carbocycles. The lowest BCUT2D eigenvalue weighted by Crippen LogP contribution is -2.51. The molecule has 0 aromatic heterocycles. The van der Waals surface area contributed by atoms with Crippen molar-refractivity contribution in [1.82, 2.24) is 5.32 Å². The Kier molecular flexibility index (Phi) is 4.26. The highest BCUT2D eigenvalue weighted by Gasteiger charge is 2.33. The van der Waals surface area contributed by atoms with Gasteiger partial charge in [0.1, 0.15) is 0 Å². The predicted molar refractivity (Wildman–Crippen MR) is 56.6 cm³/mol. The molecule has 5 N–H and O–H groups in total. The Labute approximate surface area is 93.8 Å². The van der Waals surface area contributed by atoms with Crippen molar-refractivity contribution in [1.29, 1.82) is 0 Å². The number of carboxylic acids is 1. The van der Waals surface area contributed by atoms with Gasteiger partial charge in [0.05, 0.1) is 12.0 Å². The van der Waals surface area contributed by atoms with Crippen LogP contribution in [0, 0.1) is 5.92 Å². The van der Waals surface area contributed by atoms with Gasteiger partial charge in [-0.1, -0.05) is 6.42 Å². The molecular weight excluding hydrogens is 212 g/mol. The molecule has 1 fully saturated rings. The minimum atomic E-state index is -1.26. The van der Waals surface area contributed by atoms with E-state index in [-0.39, 0.29) is 17.9 Å². The van der Waals surface area contributed by atoms with Gasteiger partial charge < -0.3 is 21.3 Å². The van der Waals surface area contributed by atoms with Gasteiger partial charge in [0, 0.05) is 6.04 Å². The molecule has 1 rings (SSSR count). The molecular formula is C10H18N2O4. The van der Waals surface area contributed by atoms with Crippen LogP contribution in [0.4, 0.5) is 0 Å². The van der Waals surface area contributed by atoms with Crippen LogP contribution in [0.15, 0.2) is 0 Å². The van der Waals surface area contributed by atoms with Crippen LogP contribution in [0.2, 0.25) is 0 Å². The van der Waals surface area contributed by atoms with E-state index < -0.39 is 18.1 Å². The van der Waals surface area contributed by atoms with Crippen LogP contribution in [0.3, 0.4) is 0 Å². The third-order valence-corrected chi connectivity index (χ3v) is 2.95. The van der Waals surface area contributed by atoms with Crippen molar-refractivity contribution >= 4 is 11.9 Å². The second kappa shape index (κ2) is 5.27. The molecule has 1 aliphatic rings. The van der Waals surface area contributed by atoms with Crippen LogP contribution in [0.1, 0.15) is 26.2 Å². The van der Waals surface area contributed by atoms with E-state index in [0.29, 0.717) is 6.42 Å². The zero-order chi connectivity index (χ0) is 12.3. The molecule has 0 radical (unpaired) electrons. The Morgan fingerprint density at radius 3 is 2.44 bits per heavy atom. The summed E-state index contributed by atoms with van der Waals surface area (Å²) in [5, 5.41) is 20.3. The molecule has 2 unspecified atom stereocenters. The Morgan fingerprint density at radius 1 is 1.44 bits per heavy atom. The molecule has 1 aliphatic carbocycles. The van der Waals surface area contributed by atoms with Crippen LogP contribution in [0.25, 0.3) is 0 Å². The zero-order valence-corrected chi connectivity index (χ0v) is 9.22. The third kappa shape index (κ3) is 2.93. The average Bonchev–Trinajstić information content (AvgIpc) is 2.59. The minimum Gasteiger partial charge on any atom is -0.480 e. The van der Waals surface area contributed by atoms with Gasteiger partial charge in [0.15, 0.2) is 6.04 Å². The van der Waals surface area contributed by atoms with Gasteiger partial charge >= 0.3 is 5.97 Å². The molecule has 6 heteroatoms. The molecule has 92 valence electrons. The van der Waals surface area contributed by atoms with Crippen molar-refractivity contribution in [2.45, 2.75) is 44.4 Å². The molecule has 0 spiro atoms. The van der Waals surface area contributed by atoms with Gasteiger partial charge in [-0.15, -0.1) is 0 Å². The summed E-state index contributed by atoms with van der Waals surface area (Å²) in [5.74, 6) is -1.95. The number of carboxylic acid groups (broad SMARTS) is 1. The van der Waals surface area contributed by atoms with E-state index in [4.69, 9.17) is 10.8 Å². The lowest BCUT2D eigenvalue weighted by atomic mass is 10.0. The third-order valence-electron chi connectivity index (χ3n) is 2.95. The fourth-order valence-corrected chi connectivity index (χ4v) is 1.96. The molecule has 0 aliphatic heterocycles. The topological polar surface area (TPSA) is 113 Å². The van der Waals surface area contributed by atoms with Crippen molar-refractivity contribution in [3.63, 3.8) is 0 Å². The summed E-state index contributed by atoms with van der Waals surface area (Å²) in [6, 6.07) is -1.47. The fourth-order valence-electron chi connectivity index (χ4n) is 1.96. The first-order chi connectivity index (χ1) is 7.43. The monoisotopic (exact) mass is 230 g/mol. The SMILES string of the molecule is C[C@@H](O)[C@H](NC(=O)C1CCCC1N)C(=O)O. The zero-order valence-electron chi connectivity index (χ0n) is 9.22. The Balaban J connectivity index is 2.58. The minimum absolute atomic E-state index is 0.205. The highest BCUT2D eigenvalue weighted by Crippen LogP contribution is 2.24. The van der Waals surface area contributed by atoms with E-state index in [1.807, 2.05) is 0 Å². The van der Waals surface area contributed by atoms with Crippen molar-refractivity contribution in [3.8, 4) is 0 Å². The van der Waals surface area contributed by atoms with Gasteiger partial charge in [-0.2, -0.15) is 0 Å². The number of rotatable bonds is 4. The van der Waals surface area contributed by atoms with E-state index in [0.717, 1.165) is 12.8 Å². The first-order valence-electron chi connectivity index (χ1n) is 5.40. The van der Waals surface area contributed by atoms with E-state index in [9.17, 15) is 14.7 Å². The molecule has 6 nitrogen and oxygen atoms in total. The molecule has 0 aromatic rings. The van der Waals surface area contributed by atoms with Gasteiger partial charge in [0.25, 0.3) is 0 Å². The normalized spacial score (nSPS) is 28.4. The number of aliphatic carboxylic acids is 1. The summed E-state index contributed by atoms with van der Waals surface area (Å²) in [7, 11) is 0. The standard InChI is InChI=1S/C10H18N2O4/c1-5(13)8(10(15)16)12-9(14)6-3-2-4-7(6)11/h5-8,13H,2-4,11H2,1H3,(H,12,14)(H,15,16)/t5-,6?,7?,8+/m1/s1. The van der Waals surface area contributed by atoms with Gasteiger partial charge in [-0.05, 0) is 19.8 Å². The summed E-state index contributed by atoms with van der Waals surface area (Å²) in [6.45, 7) is 1.33. The van der Waals surface area contributed by atoms with E-state index in [2.05, 4.69) is 5.32 Å². The maximum absolute atomic E-state index is 11.7. The maximum Gasteiger partial charge on any atom is 0.328 e. The summed E-state index contributed by atoms with van der Waals surface area (Å²) in [5.41, 5.74) is 5.74. The smallest absolute Gasteiger partial charge is 0.328 e. The van der Waals surface area contributed by atoms with Gasteiger partial charge in [-0.25, -0.2) is 4.79 Å². The Hall–Kier alpha value is -1.14. The number of nitrogens with two attached hydrogens (primary N) is 1. The van der Waals surface area contributed by atoms with Crippen molar-refractivity contribution in [3.05, 3.63) is 0 Å². The van der Waals surface area contributed by atoms with E-state index >= 15 is 0 Å². The van der Waals surface area contributed by atoms with Gasteiger partial charge in [-0.3, -0.25) is 4.79 Å². The average molecular weight is 230 g/mol. The molecule has 1 amide bonds. The molecule has 0 bridgehead atoms. The van der Waals surface area contributed by atoms with Crippen LogP contribution in [-0.4, -0.2) is 40.3 Å². The number of hydrogen-bond acceptors (Lipinski definition) is 4. The molecule has 0 aromatic carbocycles. The molecule has 0 heterocycles. The largest absolute Gasteiger partial charge is 0.480 e. The molecule has 4 atom stereocenters. The van der Waals surface area contributed by atoms with Gasteiger partial charge in [0.2, 0.25) is 5.91 Å². The van der Waals surface area contributed by atoms with Crippen molar-refractivity contribution < 1.29 is 19.8 Å². The van der Waals surface area contributed by atoms with E-state index in [1.54, 1.807) is 0 Å². The summed E-state index contributed by atoms with van der Waals surface area (Å²) >= 11 is 0. The Bertz CT molecular complexity index is 280. The summed E-state index contributed by atoms with van der Waals surface area (Å²) in [6.07, 6.45) is 1.22. The fraction of sp³-hybridized carbons (Fsp3) is 0.800. The summed E-state index contributed by atoms with van der Waals surface area (Å²) < 4.78 is 0. The predicted octanol–water partition coefficient (Wildman–Crippen LogP) is -0.936. The highest BCUT2D eigenvalue weighted by atomic mass is 16.4. The summed E-state index contributed by atoms with van der Waals surface area (Å²) in [4.78, 5) is 22.5. The second-order valence-corrected chi connectivity index (χ2v) is 4.27. The number of hydrogen-bond donors (Lipinski definition) is 4. The first kappa shape index (κ1) is 12.9. The maximum atomic E-state index is 11.7. The number of nitrogens with one attached hydrogen (secondary N) is 1. The van der Waals surface area contributed by atoms with E-state index in [1.165, 1.54) is 6.92 Å². The number of carbonyl (C=O) groups excluding carboxylic acids is 1. The van der Waals surface area contributed by atoms with Crippen molar-refractivity contribution in [2.24, 2.45) is 11.7 Å². The highest BCUT2D eigenvalue weighted by molar-refractivity contribution is 5.85. The molecule has 16 heavy (non-hydrogen) atoms. The second-order valence-electron chi connectivity index (χ2n) is 4.27. The lowest BCUT2D eigenvalue weighted by Gasteiger charge is -2.21. The lowest BCUT2D eigenvalue weighted by molar-refractivity contribution is -0.145. The van der Waals surface area contributed by atoms with Crippen LogP contribution < -0.4 is 11.1 Å². The molecule has 0 saturated heterocycles. The quantitative estimate of drug-likeness (QED) is 0.498. The van der Waals surface area contributed by atoms with Crippen molar-refractivity contribution in [2.75, 3.05) is 0 Å². The number of amides is 1. The number of aliphatic hydroxyl groups excluding tert-OH is 1. The van der Waals surface area contributed by atoms with Crippen LogP contribution in [0.5, 0.6) is 0 Å². The van der Waals surface area contributed by atoms with Crippen LogP contribution in [-0.2, 0) is 9.59 Å². The Morgan fingerprint density at radius 2 is 2.06 bits per heavy atom. The van der Waals surface area contributed by atoms with Crippen LogP contribution >= 0.6 is 0 Å². The first-order valence-corrected chi connectivity index (χ1v) is 5.40. The number of aliphatic hydroxyl groups is 1. The number of carbonyl (C=O) groups is 2.